The van der Waals surface area contributed by atoms with Gasteiger partial charge < -0.3 is 0 Å². The molecule has 0 bridgehead atoms. The lowest BCUT2D eigenvalue weighted by Crippen LogP contribution is -2.68. The van der Waals surface area contributed by atoms with Gasteiger partial charge in [0, 0.05) is 0 Å². The van der Waals surface area contributed by atoms with Crippen LogP contribution in [0, 0.1) is 97.5 Å². The Kier molecular flexibility index (Phi) is 13.8. The van der Waals surface area contributed by atoms with Crippen LogP contribution in [0.3, 0.4) is 0 Å². The van der Waals surface area contributed by atoms with Crippen molar-refractivity contribution in [2.75, 3.05) is 0 Å². The van der Waals surface area contributed by atoms with Crippen molar-refractivity contribution in [1.29, 1.82) is 0 Å². The Hall–Kier alpha value is 0. The van der Waals surface area contributed by atoms with Crippen molar-refractivity contribution in [3.05, 3.63) is 0 Å². The Balaban J connectivity index is 7.85. The molecule has 338 valence electrons. The predicted molar refractivity (Wildman–Crippen MR) is 259 cm³/mol. The Labute approximate surface area is 359 Å². The quantitative estimate of drug-likeness (QED) is 0.155. The highest BCUT2D eigenvalue weighted by Gasteiger charge is 2.72. The SMILES string of the molecule is CC(C)(C)C(C)(C)C(C)(C)C(C)(C)C(C)(C)C(C)(C)C(C)(C)C(C)(C)C(C)(C)C(C)(C)C(C)(C)C(C)(C)C(C)(C)C(C)(C)C(C)(C)C(C)(C)C(C)(C)C(C)(C)C. The summed E-state index contributed by atoms with van der Waals surface area (Å²) in [5, 5.41) is 0. The van der Waals surface area contributed by atoms with Crippen LogP contribution in [0.4, 0.5) is 0 Å². The summed E-state index contributed by atoms with van der Waals surface area (Å²) in [5.41, 5.74) is 0.383. The number of rotatable bonds is 15. The van der Waals surface area contributed by atoms with E-state index < -0.39 is 0 Å². The van der Waals surface area contributed by atoms with Crippen LogP contribution in [0.2, 0.25) is 0 Å². The van der Waals surface area contributed by atoms with Crippen LogP contribution in [0.15, 0.2) is 0 Å². The minimum atomic E-state index is -0.0504. The Morgan fingerprint density at radius 2 is 0.143 bits per heavy atom. The van der Waals surface area contributed by atoms with Crippen molar-refractivity contribution < 1.29 is 0 Å². The topological polar surface area (TPSA) is 0 Å². The van der Waals surface area contributed by atoms with Gasteiger partial charge in [-0.15, -0.1) is 0 Å². The van der Waals surface area contributed by atoms with Gasteiger partial charge >= 0.3 is 0 Å². The smallest absolute Gasteiger partial charge is 0.0241 e. The molecular formula is C56H114. The highest BCUT2D eigenvalue weighted by molar-refractivity contribution is 5.20. The van der Waals surface area contributed by atoms with E-state index in [0.717, 1.165) is 0 Å². The summed E-state index contributed by atoms with van der Waals surface area (Å²) in [6, 6.07) is 0. The molecule has 0 aromatic rings. The van der Waals surface area contributed by atoms with Gasteiger partial charge in [-0.1, -0.05) is 263 Å². The fourth-order valence-corrected chi connectivity index (χ4v) is 12.8. The Morgan fingerprint density at radius 1 is 0.0893 bits per heavy atom. The van der Waals surface area contributed by atoms with Gasteiger partial charge in [0.25, 0.3) is 0 Å². The van der Waals surface area contributed by atoms with E-state index in [1.165, 1.54) is 0 Å². The monoisotopic (exact) mass is 787 g/mol. The third-order valence-corrected chi connectivity index (χ3v) is 27.2. The summed E-state index contributed by atoms with van der Waals surface area (Å²) in [6.45, 7) is 98.1. The van der Waals surface area contributed by atoms with Crippen LogP contribution in [-0.2, 0) is 0 Å². The molecule has 0 rings (SSSR count). The third-order valence-electron chi connectivity index (χ3n) is 27.2. The molecule has 0 fully saturated rings. The molecule has 0 saturated carbocycles. The zero-order valence-electron chi connectivity index (χ0n) is 47.0. The minimum absolute atomic E-state index is 0.00691. The summed E-state index contributed by atoms with van der Waals surface area (Å²) in [6.07, 6.45) is 0. The highest BCUT2D eigenvalue weighted by Crippen LogP contribution is 2.78. The first-order valence-electron chi connectivity index (χ1n) is 23.2. The summed E-state index contributed by atoms with van der Waals surface area (Å²) in [4.78, 5) is 0. The average molecular weight is 788 g/mol. The molecule has 0 heterocycles. The van der Waals surface area contributed by atoms with E-state index in [1.54, 1.807) is 0 Å². The van der Waals surface area contributed by atoms with Gasteiger partial charge in [0.1, 0.15) is 0 Å². The molecule has 0 aromatic heterocycles. The predicted octanol–water partition coefficient (Wildman–Crippen LogP) is 19.5. The number of hydrogen-bond acceptors (Lipinski definition) is 0. The van der Waals surface area contributed by atoms with Crippen LogP contribution >= 0.6 is 0 Å². The molecular weight excluding hydrogens is 673 g/mol. The molecule has 0 spiro atoms. The first-order chi connectivity index (χ1) is 23.2. The molecule has 0 aliphatic rings. The molecule has 0 aliphatic carbocycles. The molecule has 0 aromatic carbocycles. The van der Waals surface area contributed by atoms with E-state index in [9.17, 15) is 0 Å². The van der Waals surface area contributed by atoms with Gasteiger partial charge in [-0.2, -0.15) is 0 Å². The fourth-order valence-electron chi connectivity index (χ4n) is 12.8. The zero-order valence-corrected chi connectivity index (χ0v) is 47.0. The molecule has 0 amide bonds. The first-order valence-corrected chi connectivity index (χ1v) is 23.2. The standard InChI is InChI=1S/C56H114/c1-39(2,3)41(7,8)43(11,12)45(15,16)47(19,20)49(23,24)51(27,28)53(31,32)55(35,36)56(37,38)54(33,34)52(29,30)50(25,26)48(21,22)46(17,18)44(13,14)42(9,10)40(4,5)6/h1-38H3. The second kappa shape index (κ2) is 13.8. The largest absolute Gasteiger partial charge is 0.0596 e. The van der Waals surface area contributed by atoms with Gasteiger partial charge in [0.05, 0.1) is 0 Å². The summed E-state index contributed by atoms with van der Waals surface area (Å²) >= 11 is 0. The summed E-state index contributed by atoms with van der Waals surface area (Å²) in [5.74, 6) is 0. The molecule has 0 heteroatoms. The zero-order chi connectivity index (χ0) is 47.0. The molecule has 0 nitrogen and oxygen atoms in total. The maximum absolute atomic E-state index is 2.64. The fraction of sp³-hybridized carbons (Fsp3) is 1.00. The average Bonchev–Trinajstić information content (AvgIpc) is 2.94. The van der Waals surface area contributed by atoms with E-state index in [-0.39, 0.29) is 97.5 Å². The van der Waals surface area contributed by atoms with Crippen molar-refractivity contribution in [2.45, 2.75) is 263 Å². The highest BCUT2D eigenvalue weighted by atomic mass is 14.8. The van der Waals surface area contributed by atoms with Crippen LogP contribution in [0.25, 0.3) is 0 Å². The van der Waals surface area contributed by atoms with Crippen molar-refractivity contribution in [3.8, 4) is 0 Å². The second-order valence-corrected chi connectivity index (χ2v) is 30.5. The lowest BCUT2D eigenvalue weighted by Gasteiger charge is -2.74. The van der Waals surface area contributed by atoms with Crippen LogP contribution < -0.4 is 0 Å². The van der Waals surface area contributed by atoms with E-state index in [0.29, 0.717) is 0 Å². The molecule has 56 heavy (non-hydrogen) atoms. The van der Waals surface area contributed by atoms with Crippen LogP contribution in [0.1, 0.15) is 263 Å². The van der Waals surface area contributed by atoms with E-state index >= 15 is 0 Å². The normalized spacial score (nSPS) is 17.5. The summed E-state index contributed by atoms with van der Waals surface area (Å²) < 4.78 is 0. The maximum Gasteiger partial charge on any atom is -0.0241 e. The van der Waals surface area contributed by atoms with Crippen molar-refractivity contribution in [1.82, 2.24) is 0 Å². The molecule has 0 saturated heterocycles. The van der Waals surface area contributed by atoms with Gasteiger partial charge in [0.2, 0.25) is 0 Å². The van der Waals surface area contributed by atoms with Crippen molar-refractivity contribution >= 4 is 0 Å². The van der Waals surface area contributed by atoms with Gasteiger partial charge in [0.15, 0.2) is 0 Å². The van der Waals surface area contributed by atoms with Gasteiger partial charge in [-0.25, -0.2) is 0 Å². The summed E-state index contributed by atoms with van der Waals surface area (Å²) in [7, 11) is 0. The lowest BCUT2D eigenvalue weighted by molar-refractivity contribution is -0.263. The molecule has 0 atom stereocenters. The van der Waals surface area contributed by atoms with Crippen LogP contribution in [0.5, 0.6) is 0 Å². The van der Waals surface area contributed by atoms with Crippen molar-refractivity contribution in [2.24, 2.45) is 97.5 Å². The first kappa shape index (κ1) is 56.0. The van der Waals surface area contributed by atoms with E-state index in [1.807, 2.05) is 0 Å². The Bertz CT molecular complexity index is 1270. The number of hydrogen-bond donors (Lipinski definition) is 0. The third kappa shape index (κ3) is 6.48. The molecule has 0 unspecified atom stereocenters. The van der Waals surface area contributed by atoms with Crippen molar-refractivity contribution in [3.63, 3.8) is 0 Å². The second-order valence-electron chi connectivity index (χ2n) is 30.5. The molecule has 0 aliphatic heterocycles. The minimum Gasteiger partial charge on any atom is -0.0596 e. The lowest BCUT2D eigenvalue weighted by atomic mass is 9.30. The maximum atomic E-state index is 2.64. The molecule has 0 radical (unpaired) electrons. The van der Waals surface area contributed by atoms with Gasteiger partial charge in [-0.3, -0.25) is 0 Å². The van der Waals surface area contributed by atoms with E-state index in [4.69, 9.17) is 0 Å². The Morgan fingerprint density at radius 3 is 0.196 bits per heavy atom. The van der Waals surface area contributed by atoms with Crippen LogP contribution in [-0.4, -0.2) is 0 Å². The molecule has 0 N–H and O–H groups in total. The van der Waals surface area contributed by atoms with Gasteiger partial charge in [-0.05, 0) is 97.5 Å². The van der Waals surface area contributed by atoms with E-state index in [2.05, 4.69) is 263 Å².